The number of carbonyl (C=O) groups excluding carboxylic acids is 1. The molecule has 1 amide bonds. The Kier molecular flexibility index (Phi) is 6.19. The van der Waals surface area contributed by atoms with Crippen LogP contribution in [0.1, 0.15) is 12.0 Å². The van der Waals surface area contributed by atoms with Gasteiger partial charge in [-0.3, -0.25) is 10.2 Å². The van der Waals surface area contributed by atoms with Crippen LogP contribution in [0.4, 0.5) is 11.4 Å². The first-order valence-electron chi connectivity index (χ1n) is 9.36. The lowest BCUT2D eigenvalue weighted by Gasteiger charge is -2.15. The number of amides is 1. The van der Waals surface area contributed by atoms with Crippen LogP contribution in [0.15, 0.2) is 65.6 Å². The van der Waals surface area contributed by atoms with Crippen molar-refractivity contribution >= 4 is 42.9 Å². The molecule has 3 rings (SSSR count). The van der Waals surface area contributed by atoms with Gasteiger partial charge in [0.25, 0.3) is 0 Å². The zero-order chi connectivity index (χ0) is 21.9. The Labute approximate surface area is 175 Å². The summed E-state index contributed by atoms with van der Waals surface area (Å²) in [5, 5.41) is 11.8. The summed E-state index contributed by atoms with van der Waals surface area (Å²) in [5.74, 6) is -0.240. The van der Waals surface area contributed by atoms with Gasteiger partial charge in [0.05, 0.1) is 16.3 Å². The van der Waals surface area contributed by atoms with Crippen LogP contribution in [-0.2, 0) is 14.6 Å². The van der Waals surface area contributed by atoms with Gasteiger partial charge < -0.3 is 16.0 Å². The number of nitrogens with one attached hydrogen (secondary N) is 2. The van der Waals surface area contributed by atoms with Gasteiger partial charge in [-0.1, -0.05) is 42.5 Å². The molecule has 0 aliphatic heterocycles. The molecule has 0 saturated carbocycles. The number of fused-ring (bicyclic) bond motifs is 1. The fourth-order valence-corrected chi connectivity index (χ4v) is 4.52. The van der Waals surface area contributed by atoms with E-state index in [1.54, 1.807) is 30.3 Å². The molecule has 0 aliphatic carbocycles. The smallest absolute Gasteiger partial charge is 0.225 e. The molecule has 8 heteroatoms. The molecule has 0 radical (unpaired) electrons. The molecule has 7 nitrogen and oxygen atoms in total. The summed E-state index contributed by atoms with van der Waals surface area (Å²) in [6.45, 7) is 0.566. The van der Waals surface area contributed by atoms with E-state index in [4.69, 9.17) is 11.1 Å². The highest BCUT2D eigenvalue weighted by Crippen LogP contribution is 2.30. The Hall–Kier alpha value is -3.23. The van der Waals surface area contributed by atoms with E-state index in [1.165, 1.54) is 12.1 Å². The van der Waals surface area contributed by atoms with Crippen molar-refractivity contribution in [2.24, 2.45) is 0 Å². The van der Waals surface area contributed by atoms with E-state index in [1.807, 2.05) is 37.2 Å². The van der Waals surface area contributed by atoms with Crippen molar-refractivity contribution in [2.75, 3.05) is 31.7 Å². The summed E-state index contributed by atoms with van der Waals surface area (Å²) in [7, 11) is -0.398. The van der Waals surface area contributed by atoms with Crippen LogP contribution < -0.4 is 11.1 Å². The first-order chi connectivity index (χ1) is 14.2. The maximum absolute atomic E-state index is 13.2. The van der Waals surface area contributed by atoms with Gasteiger partial charge in [0, 0.05) is 23.9 Å². The van der Waals surface area contributed by atoms with Crippen LogP contribution in [0.25, 0.3) is 10.8 Å². The number of sulfone groups is 1. The maximum atomic E-state index is 13.2. The number of nitrogen functional groups attached to an aromatic ring is 1. The van der Waals surface area contributed by atoms with Crippen molar-refractivity contribution < 1.29 is 13.2 Å². The number of hydrogen-bond donors (Lipinski definition) is 3. The highest BCUT2D eigenvalue weighted by Gasteiger charge is 2.26. The molecule has 0 unspecified atom stereocenters. The minimum atomic E-state index is -4.12. The Morgan fingerprint density at radius 3 is 2.43 bits per heavy atom. The van der Waals surface area contributed by atoms with Crippen LogP contribution in [0.3, 0.4) is 0 Å². The van der Waals surface area contributed by atoms with Gasteiger partial charge in [-0.15, -0.1) is 0 Å². The van der Waals surface area contributed by atoms with Crippen molar-refractivity contribution in [1.29, 1.82) is 5.41 Å². The Balaban J connectivity index is 1.96. The predicted octanol–water partition coefficient (Wildman–Crippen LogP) is 3.11. The highest BCUT2D eigenvalue weighted by molar-refractivity contribution is 8.07. The average molecular weight is 425 g/mol. The first-order valence-corrected chi connectivity index (χ1v) is 10.8. The molecule has 4 N–H and O–H groups in total. The summed E-state index contributed by atoms with van der Waals surface area (Å²) < 4.78 is 26.5. The molecule has 0 bridgehead atoms. The second-order valence-electron chi connectivity index (χ2n) is 7.18. The summed E-state index contributed by atoms with van der Waals surface area (Å²) in [6.07, 6.45) is 0.266. The van der Waals surface area contributed by atoms with Gasteiger partial charge in [-0.25, -0.2) is 8.42 Å². The number of para-hydroxylation sites is 1. The molecule has 30 heavy (non-hydrogen) atoms. The summed E-state index contributed by atoms with van der Waals surface area (Å²) >= 11 is 0. The molecule has 0 saturated heterocycles. The van der Waals surface area contributed by atoms with Crippen molar-refractivity contribution in [3.63, 3.8) is 0 Å². The van der Waals surface area contributed by atoms with Crippen LogP contribution in [0, 0.1) is 5.41 Å². The fraction of sp³-hybridized carbons (Fsp3) is 0.182. The highest BCUT2D eigenvalue weighted by atomic mass is 32.2. The molecule has 0 fully saturated rings. The quantitative estimate of drug-likeness (QED) is 0.319. The number of anilines is 2. The SMILES string of the molecule is CN(C)CCC(=O)Nc1cccc(C(=N)S(=O)(=O)c2cccc3ccccc23)c1N. The van der Waals surface area contributed by atoms with Crippen LogP contribution in [-0.4, -0.2) is 44.9 Å². The molecule has 3 aromatic rings. The fourth-order valence-electron chi connectivity index (χ4n) is 3.09. The van der Waals surface area contributed by atoms with Gasteiger partial charge >= 0.3 is 0 Å². The maximum Gasteiger partial charge on any atom is 0.225 e. The molecule has 0 atom stereocenters. The molecule has 0 aromatic heterocycles. The van der Waals surface area contributed by atoms with Gasteiger partial charge in [0.15, 0.2) is 5.04 Å². The molecular formula is C22H24N4O3S. The van der Waals surface area contributed by atoms with E-state index in [-0.39, 0.29) is 34.2 Å². The summed E-state index contributed by atoms with van der Waals surface area (Å²) in [6, 6.07) is 16.7. The van der Waals surface area contributed by atoms with Crippen molar-refractivity contribution in [3.05, 3.63) is 66.2 Å². The number of benzene rings is 3. The number of carbonyl (C=O) groups is 1. The second-order valence-corrected chi connectivity index (χ2v) is 9.03. The third-order valence-corrected chi connectivity index (χ3v) is 6.41. The zero-order valence-corrected chi connectivity index (χ0v) is 17.7. The Morgan fingerprint density at radius 1 is 1.03 bits per heavy atom. The third-order valence-electron chi connectivity index (χ3n) is 4.72. The molecule has 0 aliphatic rings. The molecular weight excluding hydrogens is 400 g/mol. The standard InChI is InChI=1S/C22H24N4O3S/c1-26(2)14-13-20(27)25-18-11-6-10-17(21(18)23)22(24)30(28,29)19-12-5-8-15-7-3-4-9-16(15)19/h3-12,24H,13-14,23H2,1-2H3,(H,25,27). The molecule has 0 heterocycles. The van der Waals surface area contributed by atoms with Gasteiger partial charge in [0.1, 0.15) is 0 Å². The third kappa shape index (κ3) is 4.34. The normalized spacial score (nSPS) is 11.6. The van der Waals surface area contributed by atoms with E-state index in [2.05, 4.69) is 5.32 Å². The molecule has 0 spiro atoms. The Morgan fingerprint density at radius 2 is 1.70 bits per heavy atom. The molecule has 3 aromatic carbocycles. The number of nitrogens with zero attached hydrogens (tertiary/aromatic N) is 1. The monoisotopic (exact) mass is 424 g/mol. The summed E-state index contributed by atoms with van der Waals surface area (Å²) in [4.78, 5) is 14.1. The minimum absolute atomic E-state index is 0.0458. The van der Waals surface area contributed by atoms with Crippen molar-refractivity contribution in [3.8, 4) is 0 Å². The zero-order valence-electron chi connectivity index (χ0n) is 16.8. The van der Waals surface area contributed by atoms with Gasteiger partial charge in [-0.2, -0.15) is 0 Å². The second kappa shape index (κ2) is 8.64. The lowest BCUT2D eigenvalue weighted by molar-refractivity contribution is -0.116. The van der Waals surface area contributed by atoms with Crippen LogP contribution in [0.2, 0.25) is 0 Å². The van der Waals surface area contributed by atoms with E-state index in [9.17, 15) is 13.2 Å². The van der Waals surface area contributed by atoms with Gasteiger partial charge in [-0.05, 0) is 37.7 Å². The van der Waals surface area contributed by atoms with E-state index >= 15 is 0 Å². The topological polar surface area (TPSA) is 116 Å². The summed E-state index contributed by atoms with van der Waals surface area (Å²) in [5.41, 5.74) is 6.53. The number of hydrogen-bond acceptors (Lipinski definition) is 6. The lowest BCUT2D eigenvalue weighted by atomic mass is 10.1. The van der Waals surface area contributed by atoms with Crippen molar-refractivity contribution in [1.82, 2.24) is 4.90 Å². The minimum Gasteiger partial charge on any atom is -0.396 e. The van der Waals surface area contributed by atoms with Crippen LogP contribution >= 0.6 is 0 Å². The van der Waals surface area contributed by atoms with E-state index in [0.717, 1.165) is 5.39 Å². The average Bonchev–Trinajstić information content (AvgIpc) is 2.72. The number of rotatable bonds is 6. The predicted molar refractivity (Wildman–Crippen MR) is 121 cm³/mol. The van der Waals surface area contributed by atoms with Crippen molar-refractivity contribution in [2.45, 2.75) is 11.3 Å². The number of nitrogens with two attached hydrogens (primary N) is 1. The van der Waals surface area contributed by atoms with E-state index in [0.29, 0.717) is 11.9 Å². The lowest BCUT2D eigenvalue weighted by Crippen LogP contribution is -2.22. The molecule has 156 valence electrons. The van der Waals surface area contributed by atoms with Gasteiger partial charge in [0.2, 0.25) is 15.7 Å². The van der Waals surface area contributed by atoms with Crippen LogP contribution in [0.5, 0.6) is 0 Å². The first kappa shape index (κ1) is 21.5. The Bertz CT molecular complexity index is 1210. The largest absolute Gasteiger partial charge is 0.396 e. The van der Waals surface area contributed by atoms with E-state index < -0.39 is 14.9 Å².